The molecule has 7 nitrogen and oxygen atoms in total. The van der Waals surface area contributed by atoms with Crippen LogP contribution in [0.4, 0.5) is 11.4 Å². The lowest BCUT2D eigenvalue weighted by Gasteiger charge is -2.29. The van der Waals surface area contributed by atoms with Crippen LogP contribution in [0.2, 0.25) is 0 Å². The maximum atomic E-state index is 12.2. The molecular weight excluding hydrogens is 354 g/mol. The van der Waals surface area contributed by atoms with Crippen LogP contribution in [0.15, 0.2) is 24.3 Å². The van der Waals surface area contributed by atoms with E-state index in [2.05, 4.69) is 10.2 Å². The van der Waals surface area contributed by atoms with Crippen LogP contribution in [0, 0.1) is 0 Å². The van der Waals surface area contributed by atoms with E-state index in [4.69, 9.17) is 4.74 Å². The summed E-state index contributed by atoms with van der Waals surface area (Å²) < 4.78 is 30.5. The number of carbonyl (C=O) groups excluding carboxylic acids is 1. The molecule has 0 bridgehead atoms. The van der Waals surface area contributed by atoms with E-state index in [0.29, 0.717) is 18.8 Å². The number of benzene rings is 1. The fourth-order valence-electron chi connectivity index (χ4n) is 3.05. The van der Waals surface area contributed by atoms with E-state index in [0.717, 1.165) is 25.0 Å². The molecule has 8 heteroatoms. The molecule has 1 fully saturated rings. The summed E-state index contributed by atoms with van der Waals surface area (Å²) in [6, 6.07) is 7.54. The molecule has 146 valence electrons. The number of sulfonamides is 1. The molecule has 1 N–H and O–H groups in total. The Morgan fingerprint density at radius 2 is 1.85 bits per heavy atom. The summed E-state index contributed by atoms with van der Waals surface area (Å²) in [5.74, 6) is -0.194. The van der Waals surface area contributed by atoms with Gasteiger partial charge in [-0.2, -0.15) is 0 Å². The van der Waals surface area contributed by atoms with E-state index < -0.39 is 10.0 Å². The normalized spacial score (nSPS) is 14.9. The summed E-state index contributed by atoms with van der Waals surface area (Å²) in [7, 11) is -1.90. The van der Waals surface area contributed by atoms with Crippen molar-refractivity contribution in [2.75, 3.05) is 55.4 Å². The van der Waals surface area contributed by atoms with E-state index in [1.54, 1.807) is 7.11 Å². The largest absolute Gasteiger partial charge is 0.383 e. The Kier molecular flexibility index (Phi) is 7.71. The number of ether oxygens (including phenoxy) is 1. The van der Waals surface area contributed by atoms with Gasteiger partial charge in [0.1, 0.15) is 0 Å². The Labute approximate surface area is 156 Å². The quantitative estimate of drug-likeness (QED) is 0.655. The van der Waals surface area contributed by atoms with Crippen molar-refractivity contribution in [2.45, 2.75) is 25.7 Å². The van der Waals surface area contributed by atoms with Gasteiger partial charge in [0.2, 0.25) is 15.9 Å². The predicted octanol–water partition coefficient (Wildman–Crippen LogP) is 1.60. The summed E-state index contributed by atoms with van der Waals surface area (Å²) in [4.78, 5) is 14.2. The van der Waals surface area contributed by atoms with Gasteiger partial charge in [-0.05, 0) is 43.5 Å². The number of carbonyl (C=O) groups is 1. The van der Waals surface area contributed by atoms with Crippen LogP contribution in [0.3, 0.4) is 0 Å². The fraction of sp³-hybridized carbons (Fsp3) is 0.611. The number of amides is 1. The number of rotatable bonds is 9. The molecule has 1 heterocycles. The van der Waals surface area contributed by atoms with Crippen LogP contribution in [0.1, 0.15) is 25.7 Å². The van der Waals surface area contributed by atoms with Gasteiger partial charge in [0.05, 0.1) is 18.6 Å². The standard InChI is InChI=1S/C18H29N3O4S/c1-25-15-11-19-18(22)10-14-21(26(2,23)24)17-8-6-16(7-9-17)20-12-4-3-5-13-20/h6-9H,3-5,10-15H2,1-2H3,(H,19,22). The second-order valence-electron chi connectivity index (χ2n) is 6.49. The highest BCUT2D eigenvalue weighted by molar-refractivity contribution is 7.92. The molecule has 0 spiro atoms. The van der Waals surface area contributed by atoms with E-state index in [1.807, 2.05) is 24.3 Å². The smallest absolute Gasteiger partial charge is 0.232 e. The van der Waals surface area contributed by atoms with E-state index in [9.17, 15) is 13.2 Å². The topological polar surface area (TPSA) is 79.0 Å². The van der Waals surface area contributed by atoms with Crippen molar-refractivity contribution in [1.29, 1.82) is 0 Å². The maximum absolute atomic E-state index is 12.2. The molecule has 1 amide bonds. The van der Waals surface area contributed by atoms with Crippen molar-refractivity contribution >= 4 is 27.3 Å². The molecule has 0 radical (unpaired) electrons. The van der Waals surface area contributed by atoms with Gasteiger partial charge in [0, 0.05) is 45.4 Å². The molecular formula is C18H29N3O4S. The molecule has 0 atom stereocenters. The molecule has 1 saturated heterocycles. The first kappa shape index (κ1) is 20.5. The Morgan fingerprint density at radius 3 is 2.42 bits per heavy atom. The number of anilines is 2. The minimum atomic E-state index is -3.46. The summed E-state index contributed by atoms with van der Waals surface area (Å²) in [5.41, 5.74) is 1.69. The zero-order valence-electron chi connectivity index (χ0n) is 15.6. The van der Waals surface area contributed by atoms with Crippen LogP contribution in [0.25, 0.3) is 0 Å². The first-order chi connectivity index (χ1) is 12.4. The summed E-state index contributed by atoms with van der Waals surface area (Å²) in [6.45, 7) is 3.03. The van der Waals surface area contributed by atoms with Crippen LogP contribution in [-0.4, -0.2) is 60.5 Å². The number of methoxy groups -OCH3 is 1. The second-order valence-corrected chi connectivity index (χ2v) is 8.40. The SMILES string of the molecule is COCCNC(=O)CCN(c1ccc(N2CCCCC2)cc1)S(C)(=O)=O. The minimum absolute atomic E-state index is 0.102. The lowest BCUT2D eigenvalue weighted by molar-refractivity contribution is -0.121. The first-order valence-electron chi connectivity index (χ1n) is 9.00. The predicted molar refractivity (Wildman–Crippen MR) is 104 cm³/mol. The highest BCUT2D eigenvalue weighted by Crippen LogP contribution is 2.25. The average molecular weight is 384 g/mol. The fourth-order valence-corrected chi connectivity index (χ4v) is 3.98. The van der Waals surface area contributed by atoms with Gasteiger partial charge in [-0.25, -0.2) is 8.42 Å². The van der Waals surface area contributed by atoms with Crippen molar-refractivity contribution in [3.63, 3.8) is 0 Å². The molecule has 0 aliphatic carbocycles. The highest BCUT2D eigenvalue weighted by atomic mass is 32.2. The average Bonchev–Trinajstić information content (AvgIpc) is 2.62. The zero-order chi connectivity index (χ0) is 19.0. The van der Waals surface area contributed by atoms with Gasteiger partial charge in [0.15, 0.2) is 0 Å². The summed E-state index contributed by atoms with van der Waals surface area (Å²) in [6.07, 6.45) is 4.91. The number of hydrogen-bond acceptors (Lipinski definition) is 5. The molecule has 1 aromatic rings. The molecule has 1 aliphatic heterocycles. The molecule has 0 aromatic heterocycles. The van der Waals surface area contributed by atoms with Crippen LogP contribution < -0.4 is 14.5 Å². The van der Waals surface area contributed by atoms with Crippen molar-refractivity contribution in [3.8, 4) is 0 Å². The Morgan fingerprint density at radius 1 is 1.19 bits per heavy atom. The highest BCUT2D eigenvalue weighted by Gasteiger charge is 2.19. The molecule has 1 aromatic carbocycles. The van der Waals surface area contributed by atoms with Gasteiger partial charge in [-0.3, -0.25) is 9.10 Å². The van der Waals surface area contributed by atoms with Gasteiger partial charge in [0.25, 0.3) is 0 Å². The lowest BCUT2D eigenvalue weighted by atomic mass is 10.1. The van der Waals surface area contributed by atoms with Crippen LogP contribution in [0.5, 0.6) is 0 Å². The number of piperidine rings is 1. The lowest BCUT2D eigenvalue weighted by Crippen LogP contribution is -2.35. The van der Waals surface area contributed by atoms with E-state index in [1.165, 1.54) is 23.6 Å². The van der Waals surface area contributed by atoms with Crippen molar-refractivity contribution < 1.29 is 17.9 Å². The number of hydrogen-bond donors (Lipinski definition) is 1. The van der Waals surface area contributed by atoms with Gasteiger partial charge >= 0.3 is 0 Å². The van der Waals surface area contributed by atoms with E-state index in [-0.39, 0.29) is 18.9 Å². The zero-order valence-corrected chi connectivity index (χ0v) is 16.4. The monoisotopic (exact) mass is 383 g/mol. The third-order valence-electron chi connectivity index (χ3n) is 4.43. The maximum Gasteiger partial charge on any atom is 0.232 e. The van der Waals surface area contributed by atoms with E-state index >= 15 is 0 Å². The van der Waals surface area contributed by atoms with Crippen LogP contribution in [-0.2, 0) is 19.6 Å². The first-order valence-corrected chi connectivity index (χ1v) is 10.8. The van der Waals surface area contributed by atoms with Gasteiger partial charge in [-0.1, -0.05) is 0 Å². The number of nitrogens with one attached hydrogen (secondary N) is 1. The molecule has 26 heavy (non-hydrogen) atoms. The van der Waals surface area contributed by atoms with Gasteiger partial charge in [-0.15, -0.1) is 0 Å². The molecule has 2 rings (SSSR count). The Hall–Kier alpha value is -1.80. The number of nitrogens with zero attached hydrogens (tertiary/aromatic N) is 2. The Balaban J connectivity index is 2.01. The molecule has 0 saturated carbocycles. The third kappa shape index (κ3) is 6.17. The van der Waals surface area contributed by atoms with Crippen molar-refractivity contribution in [3.05, 3.63) is 24.3 Å². The summed E-state index contributed by atoms with van der Waals surface area (Å²) >= 11 is 0. The molecule has 1 aliphatic rings. The Bertz CT molecular complexity index is 670. The summed E-state index contributed by atoms with van der Waals surface area (Å²) in [5, 5.41) is 2.70. The van der Waals surface area contributed by atoms with Crippen LogP contribution >= 0.6 is 0 Å². The van der Waals surface area contributed by atoms with Gasteiger partial charge < -0.3 is 15.0 Å². The van der Waals surface area contributed by atoms with Crippen molar-refractivity contribution in [1.82, 2.24) is 5.32 Å². The molecule has 0 unspecified atom stereocenters. The van der Waals surface area contributed by atoms with Crippen molar-refractivity contribution in [2.24, 2.45) is 0 Å². The second kappa shape index (κ2) is 9.78. The third-order valence-corrected chi connectivity index (χ3v) is 5.62. The minimum Gasteiger partial charge on any atom is -0.383 e.